The minimum Gasteiger partial charge on any atom is -0.381 e. The van der Waals surface area contributed by atoms with E-state index in [0.717, 1.165) is 11.7 Å². The third-order valence-electron chi connectivity index (χ3n) is 6.50. The van der Waals surface area contributed by atoms with Gasteiger partial charge in [-0.25, -0.2) is 23.4 Å². The van der Waals surface area contributed by atoms with E-state index in [4.69, 9.17) is 5.26 Å². The van der Waals surface area contributed by atoms with Crippen molar-refractivity contribution in [2.24, 2.45) is 5.41 Å². The molecule has 1 aliphatic heterocycles. The fourth-order valence-electron chi connectivity index (χ4n) is 4.29. The summed E-state index contributed by atoms with van der Waals surface area (Å²) in [7, 11) is 0. The molecule has 10 heteroatoms. The number of aromatic nitrogens is 4. The molecule has 32 heavy (non-hydrogen) atoms. The average molecular weight is 437 g/mol. The van der Waals surface area contributed by atoms with Crippen LogP contribution in [0.25, 0.3) is 11.0 Å². The standard InChI is InChI=1S/C22H21F2N7O/c23-22(24)14-30(8-7-21(22)5-6-21)19-4-1-15-10-28-31(20(15)29-19)18(13-32)12-27-17-3-2-16(9-25)26-11-17/h1-4,10-11,13,18,27H,5-8,12,14H2. The van der Waals surface area contributed by atoms with Crippen molar-refractivity contribution in [1.82, 2.24) is 19.7 Å². The van der Waals surface area contributed by atoms with E-state index < -0.39 is 17.4 Å². The van der Waals surface area contributed by atoms with E-state index >= 15 is 0 Å². The van der Waals surface area contributed by atoms with Gasteiger partial charge in [-0.15, -0.1) is 0 Å². The number of nitriles is 1. The molecule has 1 unspecified atom stereocenters. The van der Waals surface area contributed by atoms with E-state index in [9.17, 15) is 13.6 Å². The Morgan fingerprint density at radius 1 is 1.22 bits per heavy atom. The number of nitrogens with one attached hydrogen (secondary N) is 1. The first-order valence-corrected chi connectivity index (χ1v) is 10.5. The zero-order valence-electron chi connectivity index (χ0n) is 17.2. The number of nitrogens with zero attached hydrogens (tertiary/aromatic N) is 6. The molecule has 0 aromatic carbocycles. The fourth-order valence-corrected chi connectivity index (χ4v) is 4.29. The summed E-state index contributed by atoms with van der Waals surface area (Å²) in [6, 6.07) is 8.09. The van der Waals surface area contributed by atoms with Crippen molar-refractivity contribution in [1.29, 1.82) is 5.26 Å². The molecule has 0 bridgehead atoms. The molecule has 1 saturated heterocycles. The van der Waals surface area contributed by atoms with Crippen LogP contribution in [0.5, 0.6) is 0 Å². The summed E-state index contributed by atoms with van der Waals surface area (Å²) in [5, 5.41) is 17.0. The Morgan fingerprint density at radius 3 is 2.72 bits per heavy atom. The number of rotatable bonds is 6. The summed E-state index contributed by atoms with van der Waals surface area (Å²) < 4.78 is 30.8. The molecular weight excluding hydrogens is 416 g/mol. The Labute approximate surface area is 182 Å². The van der Waals surface area contributed by atoms with Gasteiger partial charge in [0, 0.05) is 23.9 Å². The van der Waals surface area contributed by atoms with Crippen molar-refractivity contribution in [3.8, 4) is 6.07 Å². The number of carbonyl (C=O) groups is 1. The lowest BCUT2D eigenvalue weighted by Crippen LogP contribution is -2.50. The number of pyridine rings is 2. The maximum absolute atomic E-state index is 14.6. The lowest BCUT2D eigenvalue weighted by Gasteiger charge is -2.39. The van der Waals surface area contributed by atoms with Crippen molar-refractivity contribution in [3.05, 3.63) is 42.4 Å². The van der Waals surface area contributed by atoms with Gasteiger partial charge in [0.2, 0.25) is 0 Å². The summed E-state index contributed by atoms with van der Waals surface area (Å²) in [5.41, 5.74) is 0.609. The van der Waals surface area contributed by atoms with Gasteiger partial charge < -0.3 is 15.0 Å². The number of hydrogen-bond acceptors (Lipinski definition) is 7. The second-order valence-corrected chi connectivity index (χ2v) is 8.46. The first kappa shape index (κ1) is 20.3. The van der Waals surface area contributed by atoms with Gasteiger partial charge >= 0.3 is 0 Å². The van der Waals surface area contributed by atoms with Crippen LogP contribution >= 0.6 is 0 Å². The highest BCUT2D eigenvalue weighted by molar-refractivity contribution is 5.78. The molecule has 5 rings (SSSR count). The van der Waals surface area contributed by atoms with Gasteiger partial charge in [-0.2, -0.15) is 10.4 Å². The minimum absolute atomic E-state index is 0.226. The third-order valence-corrected chi connectivity index (χ3v) is 6.50. The predicted molar refractivity (Wildman–Crippen MR) is 114 cm³/mol. The van der Waals surface area contributed by atoms with E-state index in [0.29, 0.717) is 48.7 Å². The Kier molecular flexibility index (Phi) is 4.77. The number of carbonyl (C=O) groups excluding carboxylic acids is 1. The first-order chi connectivity index (χ1) is 15.4. The molecule has 2 fully saturated rings. The van der Waals surface area contributed by atoms with Gasteiger partial charge in [0.1, 0.15) is 29.9 Å². The van der Waals surface area contributed by atoms with Crippen LogP contribution < -0.4 is 10.2 Å². The molecule has 0 radical (unpaired) electrons. The summed E-state index contributed by atoms with van der Waals surface area (Å²) >= 11 is 0. The zero-order chi connectivity index (χ0) is 22.3. The van der Waals surface area contributed by atoms with Gasteiger partial charge in [-0.3, -0.25) is 0 Å². The Hall–Kier alpha value is -3.61. The van der Waals surface area contributed by atoms with Crippen LogP contribution in [0.3, 0.4) is 0 Å². The highest BCUT2D eigenvalue weighted by Gasteiger charge is 2.63. The Balaban J connectivity index is 1.36. The summed E-state index contributed by atoms with van der Waals surface area (Å²) in [6.07, 6.45) is 5.53. The predicted octanol–water partition coefficient (Wildman–Crippen LogP) is 3.18. The van der Waals surface area contributed by atoms with Crippen LogP contribution in [-0.4, -0.2) is 51.6 Å². The molecule has 8 nitrogen and oxygen atoms in total. The van der Waals surface area contributed by atoms with Crippen LogP contribution in [0.15, 0.2) is 36.7 Å². The fraction of sp³-hybridized carbons (Fsp3) is 0.409. The van der Waals surface area contributed by atoms with E-state index in [1.165, 1.54) is 10.9 Å². The van der Waals surface area contributed by atoms with Crippen molar-refractivity contribution in [2.45, 2.75) is 31.2 Å². The maximum atomic E-state index is 14.6. The number of halogens is 2. The van der Waals surface area contributed by atoms with Gasteiger partial charge in [0.05, 0.1) is 24.6 Å². The topological polar surface area (TPSA) is 99.7 Å². The largest absolute Gasteiger partial charge is 0.381 e. The molecule has 164 valence electrons. The van der Waals surface area contributed by atoms with Gasteiger partial charge in [0.15, 0.2) is 5.65 Å². The van der Waals surface area contributed by atoms with Crippen molar-refractivity contribution in [3.63, 3.8) is 0 Å². The number of piperidine rings is 1. The highest BCUT2D eigenvalue weighted by Crippen LogP contribution is 2.61. The van der Waals surface area contributed by atoms with Crippen LogP contribution in [0, 0.1) is 16.7 Å². The van der Waals surface area contributed by atoms with Crippen LogP contribution in [0.4, 0.5) is 20.3 Å². The Bertz CT molecular complexity index is 1200. The lowest BCUT2D eigenvalue weighted by molar-refractivity contribution is -0.110. The number of hydrogen-bond donors (Lipinski definition) is 1. The second-order valence-electron chi connectivity index (χ2n) is 8.46. The number of alkyl halides is 2. The van der Waals surface area contributed by atoms with Crippen molar-refractivity contribution < 1.29 is 13.6 Å². The molecule has 2 aliphatic rings. The first-order valence-electron chi connectivity index (χ1n) is 10.5. The monoisotopic (exact) mass is 437 g/mol. The molecule has 1 N–H and O–H groups in total. The van der Waals surface area contributed by atoms with Crippen LogP contribution in [0.2, 0.25) is 0 Å². The van der Waals surface area contributed by atoms with Gasteiger partial charge in [-0.1, -0.05) is 0 Å². The molecule has 3 aromatic rings. The number of fused-ring (bicyclic) bond motifs is 1. The molecule has 4 heterocycles. The molecule has 1 atom stereocenters. The highest BCUT2D eigenvalue weighted by atomic mass is 19.3. The van der Waals surface area contributed by atoms with E-state index in [1.54, 1.807) is 35.4 Å². The van der Waals surface area contributed by atoms with Crippen LogP contribution in [-0.2, 0) is 4.79 Å². The molecule has 1 spiro atoms. The van der Waals surface area contributed by atoms with E-state index in [1.807, 2.05) is 6.07 Å². The number of aldehydes is 1. The molecule has 1 saturated carbocycles. The van der Waals surface area contributed by atoms with Gasteiger partial charge in [-0.05, 0) is 43.5 Å². The maximum Gasteiger partial charge on any atom is 0.270 e. The summed E-state index contributed by atoms with van der Waals surface area (Å²) in [4.78, 5) is 22.0. The van der Waals surface area contributed by atoms with Crippen LogP contribution in [0.1, 0.15) is 31.0 Å². The lowest BCUT2D eigenvalue weighted by atomic mass is 9.89. The Morgan fingerprint density at radius 2 is 2.06 bits per heavy atom. The second kappa shape index (κ2) is 7.51. The summed E-state index contributed by atoms with van der Waals surface area (Å²) in [6.45, 7) is 0.417. The van der Waals surface area contributed by atoms with Crippen molar-refractivity contribution >= 4 is 28.8 Å². The van der Waals surface area contributed by atoms with E-state index in [2.05, 4.69) is 20.4 Å². The smallest absolute Gasteiger partial charge is 0.270 e. The van der Waals surface area contributed by atoms with Gasteiger partial charge in [0.25, 0.3) is 5.92 Å². The number of anilines is 2. The zero-order valence-corrected chi connectivity index (χ0v) is 17.2. The molecule has 3 aromatic heterocycles. The van der Waals surface area contributed by atoms with E-state index in [-0.39, 0.29) is 13.1 Å². The minimum atomic E-state index is -2.73. The third kappa shape index (κ3) is 3.43. The molecule has 1 aliphatic carbocycles. The average Bonchev–Trinajstić information content (AvgIpc) is 3.49. The molecular formula is C22H21F2N7O. The normalized spacial score (nSPS) is 19.5. The molecule has 0 amide bonds. The summed E-state index contributed by atoms with van der Waals surface area (Å²) in [5.74, 6) is -2.27. The quantitative estimate of drug-likeness (QED) is 0.591. The SMILES string of the molecule is N#Cc1ccc(NCC(C=O)n2ncc3ccc(N4CCC5(CC5)C(F)(F)C4)nc32)cn1. The van der Waals surface area contributed by atoms with Crippen molar-refractivity contribution in [2.75, 3.05) is 29.9 Å².